The summed E-state index contributed by atoms with van der Waals surface area (Å²) in [6.07, 6.45) is 8.53. The van der Waals surface area contributed by atoms with E-state index in [0.717, 1.165) is 0 Å². The summed E-state index contributed by atoms with van der Waals surface area (Å²) in [7, 11) is 0. The molecule has 0 aromatic rings. The monoisotopic (exact) mass is 306 g/mol. The first-order valence-electron chi connectivity index (χ1n) is 6.00. The van der Waals surface area contributed by atoms with Gasteiger partial charge in [-0.25, -0.2) is 0 Å². The maximum Gasteiger partial charge on any atom is 0.385 e. The molecule has 0 aliphatic carbocycles. The van der Waals surface area contributed by atoms with Crippen LogP contribution in [0.1, 0.15) is 38.5 Å². The van der Waals surface area contributed by atoms with E-state index in [1.165, 1.54) is 64.7 Å². The van der Waals surface area contributed by atoms with Crippen molar-refractivity contribution < 1.29 is 0 Å². The molecule has 4 heteroatoms. The molecule has 2 nitrogen and oxygen atoms in total. The second kappa shape index (κ2) is 5.70. The molecule has 0 amide bonds. The van der Waals surface area contributed by atoms with Crippen LogP contribution in [0.15, 0.2) is 0 Å². The first-order chi connectivity index (χ1) is 6.88. The minimum absolute atomic E-state index is 0.674. The molecule has 0 unspecified atom stereocenters. The molecule has 2 aliphatic heterocycles. The zero-order valence-electron chi connectivity index (χ0n) is 8.92. The number of nitrogens with zero attached hydrogens (tertiary/aromatic N) is 2. The highest BCUT2D eigenvalue weighted by atomic mass is 127. The van der Waals surface area contributed by atoms with Crippen LogP contribution >= 0.6 is 22.4 Å². The van der Waals surface area contributed by atoms with Gasteiger partial charge in [-0.15, -0.1) is 22.4 Å². The van der Waals surface area contributed by atoms with Gasteiger partial charge in [0.2, 0.25) is 0 Å². The molecule has 2 heterocycles. The van der Waals surface area contributed by atoms with Gasteiger partial charge in [0.15, 0.2) is 0 Å². The normalized spacial score (nSPS) is 26.4. The van der Waals surface area contributed by atoms with E-state index in [2.05, 4.69) is 32.0 Å². The van der Waals surface area contributed by atoms with Crippen molar-refractivity contribution in [3.8, 4) is 0 Å². The number of piperidine rings is 2. The van der Waals surface area contributed by atoms with Gasteiger partial charge in [0, 0.05) is 0 Å². The summed E-state index contributed by atoms with van der Waals surface area (Å²) in [5.74, 6) is 0. The molecule has 0 spiro atoms. The summed E-state index contributed by atoms with van der Waals surface area (Å²) in [5, 5.41) is 0. The lowest BCUT2D eigenvalue weighted by atomic mass is 9.95. The van der Waals surface area contributed by atoms with Crippen LogP contribution in [0.3, 0.4) is 0 Å². The van der Waals surface area contributed by atoms with Gasteiger partial charge in [-0.2, -0.15) is 0 Å². The summed E-state index contributed by atoms with van der Waals surface area (Å²) in [6.45, 7) is 5.29. The molecule has 0 aromatic heterocycles. The fourth-order valence-corrected chi connectivity index (χ4v) is 3.61. The van der Waals surface area contributed by atoms with Crippen LogP contribution in [-0.2, 0) is 0 Å². The number of rotatable bonds is 2. The Labute approximate surface area is 101 Å². The Hall–Kier alpha value is 0.715. The molecule has 0 N–H and O–H groups in total. The van der Waals surface area contributed by atoms with E-state index < -0.39 is 0 Å². The topological polar surface area (TPSA) is 6.48 Å². The van der Waals surface area contributed by atoms with Crippen LogP contribution in [0, 0.1) is 0 Å². The lowest BCUT2D eigenvalue weighted by Gasteiger charge is -2.37. The zero-order valence-corrected chi connectivity index (χ0v) is 11.1. The maximum absolute atomic E-state index is 2.66. The second-order valence-electron chi connectivity index (χ2n) is 4.50. The highest BCUT2D eigenvalue weighted by Crippen LogP contribution is 2.19. The van der Waals surface area contributed by atoms with E-state index >= 15 is 0 Å². The molecule has 0 radical (unpaired) electrons. The summed E-state index contributed by atoms with van der Waals surface area (Å²) in [6, 6.07) is 0. The molecule has 14 heavy (non-hydrogen) atoms. The van der Waals surface area contributed by atoms with Crippen molar-refractivity contribution in [3.05, 3.63) is 0 Å². The molecule has 0 bridgehead atoms. The van der Waals surface area contributed by atoms with Crippen molar-refractivity contribution in [3.63, 3.8) is 0 Å². The van der Waals surface area contributed by atoms with E-state index in [1.807, 2.05) is 0 Å². The molecule has 2 aliphatic rings. The van der Waals surface area contributed by atoms with E-state index in [-0.39, 0.29) is 0 Å². The molecular formula is C10H20BIN2. The van der Waals surface area contributed by atoms with Gasteiger partial charge in [-0.3, -0.25) is 0 Å². The molecule has 0 atom stereocenters. The third kappa shape index (κ3) is 2.86. The summed E-state index contributed by atoms with van der Waals surface area (Å²) in [4.78, 5) is 6.00. The van der Waals surface area contributed by atoms with Gasteiger partial charge in [-0.1, -0.05) is 12.8 Å². The molecule has 2 saturated heterocycles. The Kier molecular flexibility index (Phi) is 4.57. The van der Waals surface area contributed by atoms with Gasteiger partial charge in [0.1, 0.15) is 0 Å². The molecule has 2 fully saturated rings. The van der Waals surface area contributed by atoms with Crippen molar-refractivity contribution >= 4 is 27.2 Å². The second-order valence-corrected chi connectivity index (χ2v) is 5.62. The van der Waals surface area contributed by atoms with Crippen molar-refractivity contribution in [1.29, 1.82) is 0 Å². The van der Waals surface area contributed by atoms with Crippen molar-refractivity contribution in [2.45, 2.75) is 38.5 Å². The minimum atomic E-state index is 0.674. The zero-order chi connectivity index (χ0) is 9.80. The van der Waals surface area contributed by atoms with Crippen LogP contribution in [0.4, 0.5) is 0 Å². The Morgan fingerprint density at radius 3 is 1.36 bits per heavy atom. The van der Waals surface area contributed by atoms with Gasteiger partial charge in [0.25, 0.3) is 0 Å². The molecule has 2 rings (SSSR count). The number of hydrogen-bond donors (Lipinski definition) is 0. The smallest absolute Gasteiger partial charge is 0.319 e. The predicted octanol–water partition coefficient (Wildman–Crippen LogP) is 2.38. The van der Waals surface area contributed by atoms with Crippen LogP contribution in [0.2, 0.25) is 0 Å². The Morgan fingerprint density at radius 1 is 0.643 bits per heavy atom. The van der Waals surface area contributed by atoms with Crippen LogP contribution < -0.4 is 0 Å². The number of hydrogen-bond acceptors (Lipinski definition) is 2. The van der Waals surface area contributed by atoms with Gasteiger partial charge in [-0.05, 0) is 51.9 Å². The summed E-state index contributed by atoms with van der Waals surface area (Å²) >= 11 is 2.63. The SMILES string of the molecule is IB(N1CCCCC1)N1CCCCC1. The third-order valence-corrected chi connectivity index (χ3v) is 4.96. The van der Waals surface area contributed by atoms with Crippen molar-refractivity contribution in [1.82, 2.24) is 9.62 Å². The highest BCUT2D eigenvalue weighted by Gasteiger charge is 2.29. The van der Waals surface area contributed by atoms with Crippen LogP contribution in [-0.4, -0.2) is 40.6 Å². The quantitative estimate of drug-likeness (QED) is 0.571. The van der Waals surface area contributed by atoms with E-state index in [9.17, 15) is 0 Å². The Bertz CT molecular complexity index is 150. The Morgan fingerprint density at radius 2 is 1.00 bits per heavy atom. The Balaban J connectivity index is 1.82. The van der Waals surface area contributed by atoms with E-state index in [4.69, 9.17) is 0 Å². The largest absolute Gasteiger partial charge is 0.385 e. The lowest BCUT2D eigenvalue weighted by Crippen LogP contribution is -2.52. The van der Waals surface area contributed by atoms with E-state index in [0.29, 0.717) is 4.84 Å². The van der Waals surface area contributed by atoms with Crippen molar-refractivity contribution in [2.75, 3.05) is 26.2 Å². The predicted molar refractivity (Wildman–Crippen MR) is 70.6 cm³/mol. The van der Waals surface area contributed by atoms with Gasteiger partial charge >= 0.3 is 4.84 Å². The van der Waals surface area contributed by atoms with Gasteiger partial charge < -0.3 is 9.62 Å². The standard InChI is InChI=1S/C10H20BIN2/c12-11(13-7-3-1-4-8-13)14-9-5-2-6-10-14/h1-10H2. The average Bonchev–Trinajstić information content (AvgIpc) is 2.30. The molecule has 80 valence electrons. The van der Waals surface area contributed by atoms with Crippen molar-refractivity contribution in [2.24, 2.45) is 0 Å². The van der Waals surface area contributed by atoms with E-state index in [1.54, 1.807) is 0 Å². The lowest BCUT2D eigenvalue weighted by molar-refractivity contribution is 0.292. The maximum atomic E-state index is 2.66. The highest BCUT2D eigenvalue weighted by molar-refractivity contribution is 14.1. The molecule has 0 aromatic carbocycles. The first kappa shape index (κ1) is 11.2. The fourth-order valence-electron chi connectivity index (χ4n) is 2.49. The fraction of sp³-hybridized carbons (Fsp3) is 1.00. The third-order valence-electron chi connectivity index (χ3n) is 3.38. The summed E-state index contributed by atoms with van der Waals surface area (Å²) in [5.41, 5.74) is 0. The van der Waals surface area contributed by atoms with Gasteiger partial charge in [0.05, 0.1) is 0 Å². The molecule has 0 saturated carbocycles. The minimum Gasteiger partial charge on any atom is -0.319 e. The average molecular weight is 306 g/mol. The van der Waals surface area contributed by atoms with Crippen LogP contribution in [0.5, 0.6) is 0 Å². The van der Waals surface area contributed by atoms with Crippen LogP contribution in [0.25, 0.3) is 0 Å². The first-order valence-corrected chi connectivity index (χ1v) is 7.25. The summed E-state index contributed by atoms with van der Waals surface area (Å²) < 4.78 is 0. The number of halogens is 1. The molecular weight excluding hydrogens is 286 g/mol.